The highest BCUT2D eigenvalue weighted by Crippen LogP contribution is 2.23. The van der Waals surface area contributed by atoms with Gasteiger partial charge in [0.25, 0.3) is 0 Å². The largest absolute Gasteiger partial charge is 0.397 e. The Morgan fingerprint density at radius 1 is 1.47 bits per heavy atom. The van der Waals surface area contributed by atoms with Gasteiger partial charge in [-0.25, -0.2) is 0 Å². The van der Waals surface area contributed by atoms with Crippen LogP contribution >= 0.6 is 11.6 Å². The van der Waals surface area contributed by atoms with Gasteiger partial charge in [-0.15, -0.1) is 0 Å². The molecule has 1 saturated carbocycles. The van der Waals surface area contributed by atoms with Crippen LogP contribution in [-0.2, 0) is 9.53 Å². The van der Waals surface area contributed by atoms with E-state index in [-0.39, 0.29) is 5.91 Å². The Kier molecular flexibility index (Phi) is 5.05. The molecule has 4 nitrogen and oxygen atoms in total. The second kappa shape index (κ2) is 6.78. The fourth-order valence-electron chi connectivity index (χ4n) is 1.88. The molecule has 1 amide bonds. The molecule has 0 heterocycles. The first-order chi connectivity index (χ1) is 9.15. The number of ether oxygens (including phenoxy) is 1. The monoisotopic (exact) mass is 282 g/mol. The maximum absolute atomic E-state index is 11.7. The summed E-state index contributed by atoms with van der Waals surface area (Å²) < 4.78 is 5.60. The Labute approximate surface area is 118 Å². The van der Waals surface area contributed by atoms with Crippen molar-refractivity contribution >= 4 is 28.9 Å². The minimum absolute atomic E-state index is 0.0498. The zero-order valence-corrected chi connectivity index (χ0v) is 11.6. The highest BCUT2D eigenvalue weighted by atomic mass is 35.5. The molecule has 1 aromatic rings. The molecule has 1 aliphatic carbocycles. The fourth-order valence-corrected chi connectivity index (χ4v) is 2.06. The minimum Gasteiger partial charge on any atom is -0.397 e. The molecular weight excluding hydrogens is 264 g/mol. The molecule has 0 bridgehead atoms. The molecule has 1 fully saturated rings. The molecule has 0 aliphatic heterocycles. The second-order valence-corrected chi connectivity index (χ2v) is 5.24. The third-order valence-electron chi connectivity index (χ3n) is 3.24. The van der Waals surface area contributed by atoms with Crippen molar-refractivity contribution in [3.63, 3.8) is 0 Å². The number of amides is 1. The van der Waals surface area contributed by atoms with E-state index in [9.17, 15) is 4.79 Å². The number of hydrogen-bond acceptors (Lipinski definition) is 3. The van der Waals surface area contributed by atoms with Crippen molar-refractivity contribution in [2.45, 2.75) is 38.2 Å². The van der Waals surface area contributed by atoms with Crippen molar-refractivity contribution in [1.29, 1.82) is 0 Å². The van der Waals surface area contributed by atoms with Crippen LogP contribution in [-0.4, -0.2) is 18.6 Å². The van der Waals surface area contributed by atoms with Crippen LogP contribution in [0, 0.1) is 0 Å². The summed E-state index contributed by atoms with van der Waals surface area (Å²) in [4.78, 5) is 11.7. The van der Waals surface area contributed by atoms with Crippen molar-refractivity contribution < 1.29 is 9.53 Å². The van der Waals surface area contributed by atoms with Crippen LogP contribution in [0.25, 0.3) is 0 Å². The molecule has 0 aromatic heterocycles. The number of hydrogen-bond donors (Lipinski definition) is 2. The molecule has 0 radical (unpaired) electrons. The van der Waals surface area contributed by atoms with E-state index in [1.54, 1.807) is 18.2 Å². The van der Waals surface area contributed by atoms with Gasteiger partial charge in [0.05, 0.1) is 17.5 Å². The fraction of sp³-hybridized carbons (Fsp3) is 0.500. The van der Waals surface area contributed by atoms with Gasteiger partial charge >= 0.3 is 0 Å². The lowest BCUT2D eigenvalue weighted by Crippen LogP contribution is -2.22. The molecule has 19 heavy (non-hydrogen) atoms. The van der Waals surface area contributed by atoms with Crippen LogP contribution < -0.4 is 11.1 Å². The summed E-state index contributed by atoms with van der Waals surface area (Å²) in [6.07, 6.45) is 5.18. The number of benzene rings is 1. The van der Waals surface area contributed by atoms with Crippen molar-refractivity contribution in [2.24, 2.45) is 0 Å². The predicted octanol–water partition coefficient (Wildman–Crippen LogP) is 3.21. The zero-order valence-electron chi connectivity index (χ0n) is 10.8. The van der Waals surface area contributed by atoms with Gasteiger partial charge in [0.15, 0.2) is 0 Å². The lowest BCUT2D eigenvalue weighted by Gasteiger charge is -2.25. The predicted molar refractivity (Wildman–Crippen MR) is 77.3 cm³/mol. The zero-order chi connectivity index (χ0) is 13.7. The molecule has 104 valence electrons. The third kappa shape index (κ3) is 4.40. The van der Waals surface area contributed by atoms with Crippen molar-refractivity contribution in [1.82, 2.24) is 0 Å². The number of carbonyl (C=O) groups is 1. The molecule has 2 rings (SSSR count). The Balaban J connectivity index is 1.68. The Morgan fingerprint density at radius 3 is 2.89 bits per heavy atom. The van der Waals surface area contributed by atoms with Gasteiger partial charge in [0, 0.05) is 18.1 Å². The van der Waals surface area contributed by atoms with E-state index in [1.807, 2.05) is 0 Å². The average molecular weight is 283 g/mol. The topological polar surface area (TPSA) is 64.3 Å². The summed E-state index contributed by atoms with van der Waals surface area (Å²) >= 11 is 5.80. The van der Waals surface area contributed by atoms with E-state index in [0.29, 0.717) is 35.5 Å². The number of carbonyl (C=O) groups excluding carboxylic acids is 1. The standard InChI is InChI=1S/C14H19ClN2O2/c15-10-6-7-13(12(16)9-10)17-14(18)5-2-8-19-11-3-1-4-11/h6-7,9,11H,1-5,8,16H2,(H,17,18). The quantitative estimate of drug-likeness (QED) is 0.622. The van der Waals surface area contributed by atoms with Crippen molar-refractivity contribution in [3.05, 3.63) is 23.2 Å². The lowest BCUT2D eigenvalue weighted by atomic mass is 9.96. The first-order valence-corrected chi connectivity index (χ1v) is 6.99. The van der Waals surface area contributed by atoms with Crippen LogP contribution in [0.5, 0.6) is 0 Å². The molecule has 1 aliphatic rings. The van der Waals surface area contributed by atoms with Gasteiger partial charge in [0.1, 0.15) is 0 Å². The summed E-state index contributed by atoms with van der Waals surface area (Å²) in [7, 11) is 0. The van der Waals surface area contributed by atoms with Gasteiger partial charge in [-0.2, -0.15) is 0 Å². The number of anilines is 2. The Hall–Kier alpha value is -1.26. The average Bonchev–Trinajstić information content (AvgIpc) is 2.30. The number of nitrogens with one attached hydrogen (secondary N) is 1. The normalized spacial score (nSPS) is 15.0. The van der Waals surface area contributed by atoms with E-state index in [4.69, 9.17) is 22.1 Å². The molecule has 0 atom stereocenters. The van der Waals surface area contributed by atoms with Crippen LogP contribution in [0.2, 0.25) is 5.02 Å². The molecule has 0 spiro atoms. The van der Waals surface area contributed by atoms with Crippen LogP contribution in [0.3, 0.4) is 0 Å². The van der Waals surface area contributed by atoms with Crippen molar-refractivity contribution in [3.8, 4) is 0 Å². The summed E-state index contributed by atoms with van der Waals surface area (Å²) in [5.74, 6) is -0.0498. The first-order valence-electron chi connectivity index (χ1n) is 6.61. The maximum atomic E-state index is 11.7. The molecule has 3 N–H and O–H groups in total. The molecule has 0 unspecified atom stereocenters. The van der Waals surface area contributed by atoms with E-state index in [1.165, 1.54) is 6.42 Å². The lowest BCUT2D eigenvalue weighted by molar-refractivity contribution is -0.116. The van der Waals surface area contributed by atoms with E-state index in [0.717, 1.165) is 19.3 Å². The summed E-state index contributed by atoms with van der Waals surface area (Å²) in [5, 5.41) is 3.34. The van der Waals surface area contributed by atoms with Crippen LogP contribution in [0.1, 0.15) is 32.1 Å². The first kappa shape index (κ1) is 14.2. The minimum atomic E-state index is -0.0498. The van der Waals surface area contributed by atoms with E-state index in [2.05, 4.69) is 5.32 Å². The Morgan fingerprint density at radius 2 is 2.26 bits per heavy atom. The van der Waals surface area contributed by atoms with Crippen LogP contribution in [0.15, 0.2) is 18.2 Å². The summed E-state index contributed by atoms with van der Waals surface area (Å²) in [5.41, 5.74) is 6.85. The summed E-state index contributed by atoms with van der Waals surface area (Å²) in [6, 6.07) is 5.03. The smallest absolute Gasteiger partial charge is 0.224 e. The van der Waals surface area contributed by atoms with Gasteiger partial charge in [-0.3, -0.25) is 4.79 Å². The Bertz CT molecular complexity index is 447. The summed E-state index contributed by atoms with van der Waals surface area (Å²) in [6.45, 7) is 0.647. The molecule has 5 heteroatoms. The van der Waals surface area contributed by atoms with E-state index >= 15 is 0 Å². The highest BCUT2D eigenvalue weighted by molar-refractivity contribution is 6.31. The van der Waals surface area contributed by atoms with Crippen molar-refractivity contribution in [2.75, 3.05) is 17.7 Å². The molecule has 0 saturated heterocycles. The third-order valence-corrected chi connectivity index (χ3v) is 3.48. The van der Waals surface area contributed by atoms with E-state index < -0.39 is 0 Å². The number of rotatable bonds is 6. The second-order valence-electron chi connectivity index (χ2n) is 4.81. The number of nitrogens with two attached hydrogens (primary N) is 1. The highest BCUT2D eigenvalue weighted by Gasteiger charge is 2.17. The number of halogens is 1. The van der Waals surface area contributed by atoms with Gasteiger partial charge in [-0.1, -0.05) is 11.6 Å². The number of nitrogen functional groups attached to an aromatic ring is 1. The molecular formula is C14H19ClN2O2. The van der Waals surface area contributed by atoms with Gasteiger partial charge < -0.3 is 15.8 Å². The van der Waals surface area contributed by atoms with Gasteiger partial charge in [0.2, 0.25) is 5.91 Å². The van der Waals surface area contributed by atoms with Gasteiger partial charge in [-0.05, 0) is 43.9 Å². The SMILES string of the molecule is Nc1cc(Cl)ccc1NC(=O)CCCOC1CCC1. The molecule has 1 aromatic carbocycles. The van der Waals surface area contributed by atoms with Crippen LogP contribution in [0.4, 0.5) is 11.4 Å². The maximum Gasteiger partial charge on any atom is 0.224 e.